The Labute approximate surface area is 199 Å². The number of fused-ring (bicyclic) bond motifs is 1. The molecule has 2 fully saturated rings. The molecule has 1 aromatic heterocycles. The lowest BCUT2D eigenvalue weighted by Gasteiger charge is -2.49. The SMILES string of the molecule is CON=C(C)c1c(O)c2ccc(OC3OC4(CCCC4)C(OC)C(O)C3OP)c(C)c2oc1=O. The number of aliphatic hydroxyl groups is 1. The Morgan fingerprint density at radius 1 is 1.26 bits per heavy atom. The van der Waals surface area contributed by atoms with Crippen LogP contribution in [-0.4, -0.2) is 60.3 Å². The number of methoxy groups -OCH3 is 1. The number of oxime groups is 1. The highest BCUT2D eigenvalue weighted by Gasteiger charge is 2.57. The van der Waals surface area contributed by atoms with E-state index in [0.29, 0.717) is 16.7 Å². The average Bonchev–Trinajstić information content (AvgIpc) is 3.25. The van der Waals surface area contributed by atoms with Crippen LogP contribution in [0.15, 0.2) is 26.5 Å². The first-order chi connectivity index (χ1) is 16.3. The molecule has 5 unspecified atom stereocenters. The second-order valence-electron chi connectivity index (χ2n) is 8.66. The molecule has 1 spiro atoms. The van der Waals surface area contributed by atoms with Crippen LogP contribution < -0.4 is 10.4 Å². The predicted molar refractivity (Wildman–Crippen MR) is 126 cm³/mol. The highest BCUT2D eigenvalue weighted by atomic mass is 31.0. The molecule has 10 nitrogen and oxygen atoms in total. The van der Waals surface area contributed by atoms with Gasteiger partial charge in [0.05, 0.1) is 11.1 Å². The van der Waals surface area contributed by atoms with Crippen molar-refractivity contribution in [1.29, 1.82) is 0 Å². The molecule has 1 saturated carbocycles. The summed E-state index contributed by atoms with van der Waals surface area (Å²) >= 11 is 0. The number of hydrogen-bond acceptors (Lipinski definition) is 10. The smallest absolute Gasteiger partial charge is 0.349 e. The van der Waals surface area contributed by atoms with E-state index in [4.69, 9.17) is 28.0 Å². The minimum absolute atomic E-state index is 0.0774. The summed E-state index contributed by atoms with van der Waals surface area (Å²) in [4.78, 5) is 17.3. The molecule has 1 aliphatic heterocycles. The van der Waals surface area contributed by atoms with Gasteiger partial charge in [-0.15, -0.1) is 0 Å². The van der Waals surface area contributed by atoms with Crippen LogP contribution in [0.2, 0.25) is 0 Å². The van der Waals surface area contributed by atoms with Gasteiger partial charge in [0.1, 0.15) is 47.6 Å². The van der Waals surface area contributed by atoms with Crippen LogP contribution in [0, 0.1) is 6.92 Å². The number of aryl methyl sites for hydroxylation is 1. The lowest BCUT2D eigenvalue weighted by molar-refractivity contribution is -0.307. The summed E-state index contributed by atoms with van der Waals surface area (Å²) in [6.45, 7) is 3.24. The Bertz CT molecular complexity index is 1140. The number of rotatable bonds is 6. The molecule has 2 aromatic rings. The molecule has 2 aliphatic rings. The highest BCUT2D eigenvalue weighted by Crippen LogP contribution is 2.45. The van der Waals surface area contributed by atoms with Gasteiger partial charge in [0.25, 0.3) is 0 Å². The summed E-state index contributed by atoms with van der Waals surface area (Å²) in [6.07, 6.45) is 0.0677. The summed E-state index contributed by atoms with van der Waals surface area (Å²) in [5.41, 5.74) is -0.681. The van der Waals surface area contributed by atoms with Crippen LogP contribution in [0.5, 0.6) is 11.5 Å². The Morgan fingerprint density at radius 3 is 2.59 bits per heavy atom. The Morgan fingerprint density at radius 2 is 1.97 bits per heavy atom. The molecule has 1 aromatic carbocycles. The lowest BCUT2D eigenvalue weighted by atomic mass is 9.85. The molecule has 5 atom stereocenters. The van der Waals surface area contributed by atoms with Crippen molar-refractivity contribution in [3.05, 3.63) is 33.7 Å². The minimum Gasteiger partial charge on any atom is -0.506 e. The van der Waals surface area contributed by atoms with Crippen LogP contribution in [0.1, 0.15) is 43.7 Å². The molecule has 34 heavy (non-hydrogen) atoms. The van der Waals surface area contributed by atoms with Crippen molar-refractivity contribution in [3.63, 3.8) is 0 Å². The zero-order valence-electron chi connectivity index (χ0n) is 19.6. The van der Waals surface area contributed by atoms with E-state index in [1.54, 1.807) is 26.2 Å². The van der Waals surface area contributed by atoms with Gasteiger partial charge < -0.3 is 38.2 Å². The van der Waals surface area contributed by atoms with Crippen molar-refractivity contribution in [2.75, 3.05) is 14.2 Å². The Balaban J connectivity index is 1.73. The average molecular weight is 495 g/mol. The van der Waals surface area contributed by atoms with Crippen molar-refractivity contribution >= 4 is 26.1 Å². The van der Waals surface area contributed by atoms with E-state index in [9.17, 15) is 15.0 Å². The van der Waals surface area contributed by atoms with Gasteiger partial charge in [-0.05, 0) is 38.8 Å². The lowest BCUT2D eigenvalue weighted by Crippen LogP contribution is -2.65. The predicted octanol–water partition coefficient (Wildman–Crippen LogP) is 2.78. The van der Waals surface area contributed by atoms with E-state index in [0.717, 1.165) is 25.7 Å². The molecule has 4 rings (SSSR count). The van der Waals surface area contributed by atoms with Crippen molar-refractivity contribution in [3.8, 4) is 11.5 Å². The minimum atomic E-state index is -0.979. The maximum atomic E-state index is 12.6. The Hall–Kier alpha value is -2.23. The van der Waals surface area contributed by atoms with Crippen molar-refractivity contribution in [2.45, 2.75) is 69.7 Å². The summed E-state index contributed by atoms with van der Waals surface area (Å²) in [6, 6.07) is 3.22. The molecule has 0 radical (unpaired) electrons. The van der Waals surface area contributed by atoms with E-state index in [1.165, 1.54) is 14.0 Å². The third-order valence-corrected chi connectivity index (χ3v) is 7.04. The summed E-state index contributed by atoms with van der Waals surface area (Å²) in [7, 11) is 5.04. The van der Waals surface area contributed by atoms with Crippen molar-refractivity contribution < 1.29 is 38.2 Å². The molecule has 2 N–H and O–H groups in total. The number of benzene rings is 1. The van der Waals surface area contributed by atoms with E-state index < -0.39 is 35.8 Å². The fourth-order valence-corrected chi connectivity index (χ4v) is 5.39. The molecule has 11 heteroatoms. The summed E-state index contributed by atoms with van der Waals surface area (Å²) in [5, 5.41) is 25.8. The van der Waals surface area contributed by atoms with Gasteiger partial charge in [-0.2, -0.15) is 0 Å². The van der Waals surface area contributed by atoms with Gasteiger partial charge in [-0.25, -0.2) is 4.79 Å². The van der Waals surface area contributed by atoms with E-state index in [2.05, 4.69) is 14.6 Å². The number of hydrogen-bond donors (Lipinski definition) is 2. The van der Waals surface area contributed by atoms with Gasteiger partial charge in [-0.1, -0.05) is 18.0 Å². The Kier molecular flexibility index (Phi) is 7.17. The van der Waals surface area contributed by atoms with Crippen molar-refractivity contribution in [2.24, 2.45) is 5.16 Å². The summed E-state index contributed by atoms with van der Waals surface area (Å²) in [5.74, 6) is 0.0981. The number of nitrogens with zero attached hydrogens (tertiary/aromatic N) is 1. The van der Waals surface area contributed by atoms with Crippen LogP contribution in [0.3, 0.4) is 0 Å². The standard InChI is InChI=1S/C23H30NO9P/c1-11-14(8-7-13-16(25)15(12(2)24-29-4)21(27)31-18(11)13)30-22-19(33-34)17(26)20(28-3)23(32-22)9-5-6-10-23/h7-8,17,19-20,22,25-26H,5-6,9-10,34H2,1-4H3. The summed E-state index contributed by atoms with van der Waals surface area (Å²) < 4.78 is 29.2. The zero-order chi connectivity index (χ0) is 24.6. The van der Waals surface area contributed by atoms with Crippen molar-refractivity contribution in [1.82, 2.24) is 0 Å². The topological polar surface area (TPSA) is 129 Å². The van der Waals surface area contributed by atoms with Gasteiger partial charge in [-0.3, -0.25) is 0 Å². The molecular weight excluding hydrogens is 465 g/mol. The van der Waals surface area contributed by atoms with Crippen LogP contribution in [0.4, 0.5) is 0 Å². The molecule has 1 saturated heterocycles. The van der Waals surface area contributed by atoms with Gasteiger partial charge >= 0.3 is 5.63 Å². The second-order valence-corrected chi connectivity index (χ2v) is 8.93. The van der Waals surface area contributed by atoms with Crippen LogP contribution in [0.25, 0.3) is 11.0 Å². The monoisotopic (exact) mass is 495 g/mol. The molecule has 186 valence electrons. The maximum absolute atomic E-state index is 12.6. The van der Waals surface area contributed by atoms with E-state index in [1.807, 2.05) is 0 Å². The quantitative estimate of drug-likeness (QED) is 0.269. The first-order valence-corrected chi connectivity index (χ1v) is 11.5. The molecule has 0 bridgehead atoms. The number of aromatic hydroxyl groups is 1. The third kappa shape index (κ3) is 4.07. The van der Waals surface area contributed by atoms with E-state index >= 15 is 0 Å². The zero-order valence-corrected chi connectivity index (χ0v) is 20.7. The fourth-order valence-electron chi connectivity index (χ4n) is 5.10. The normalized spacial score (nSPS) is 26.8. The van der Waals surface area contributed by atoms with Gasteiger partial charge in [0.15, 0.2) is 6.10 Å². The first kappa shape index (κ1) is 24.9. The first-order valence-electron chi connectivity index (χ1n) is 11.1. The number of ether oxygens (including phenoxy) is 3. The molecule has 0 amide bonds. The van der Waals surface area contributed by atoms with Crippen LogP contribution in [-0.2, 0) is 18.8 Å². The largest absolute Gasteiger partial charge is 0.506 e. The highest BCUT2D eigenvalue weighted by molar-refractivity contribution is 7.09. The second kappa shape index (κ2) is 9.79. The maximum Gasteiger partial charge on any atom is 0.349 e. The molecular formula is C23H30NO9P. The van der Waals surface area contributed by atoms with E-state index in [-0.39, 0.29) is 22.6 Å². The van der Waals surface area contributed by atoms with Gasteiger partial charge in [0, 0.05) is 22.1 Å². The number of aliphatic hydroxyl groups excluding tert-OH is 1. The van der Waals surface area contributed by atoms with Crippen LogP contribution >= 0.6 is 9.47 Å². The molecule has 2 heterocycles. The third-order valence-electron chi connectivity index (χ3n) is 6.73. The van der Waals surface area contributed by atoms with Gasteiger partial charge in [0.2, 0.25) is 6.29 Å². The fraction of sp³-hybridized carbons (Fsp3) is 0.565. The molecule has 1 aliphatic carbocycles.